The van der Waals surface area contributed by atoms with E-state index in [0.29, 0.717) is 39.1 Å². The van der Waals surface area contributed by atoms with Gasteiger partial charge in [0.1, 0.15) is 12.1 Å². The maximum Gasteiger partial charge on any atom is 0.325 e. The van der Waals surface area contributed by atoms with Crippen LogP contribution in [0.25, 0.3) is 0 Å². The van der Waals surface area contributed by atoms with Crippen molar-refractivity contribution < 1.29 is 24.1 Å². The van der Waals surface area contributed by atoms with Crippen LogP contribution < -0.4 is 15.5 Å². The minimum Gasteiger partial charge on any atom is -0.330 e. The largest absolute Gasteiger partial charge is 0.330 e. The summed E-state index contributed by atoms with van der Waals surface area (Å²) >= 11 is 0. The fourth-order valence-corrected chi connectivity index (χ4v) is 3.99. The van der Waals surface area contributed by atoms with Crippen molar-refractivity contribution in [1.29, 1.82) is 0 Å². The van der Waals surface area contributed by atoms with Crippen LogP contribution in [0, 0.1) is 0 Å². The second-order valence-corrected chi connectivity index (χ2v) is 8.37. The third-order valence-electron chi connectivity index (χ3n) is 6.25. The molecule has 2 heterocycles. The Hall–Kier alpha value is -2.94. The van der Waals surface area contributed by atoms with Crippen LogP contribution in [0.15, 0.2) is 24.3 Å². The molecule has 0 unspecified atom stereocenters. The lowest BCUT2D eigenvalue weighted by molar-refractivity contribution is -0.895. The Morgan fingerprint density at radius 3 is 2.45 bits per heavy atom. The number of piperazine rings is 1. The van der Waals surface area contributed by atoms with Crippen LogP contribution >= 0.6 is 0 Å². The summed E-state index contributed by atoms with van der Waals surface area (Å²) in [7, 11) is 0. The maximum absolute atomic E-state index is 12.6. The second-order valence-electron chi connectivity index (χ2n) is 8.37. The van der Waals surface area contributed by atoms with Crippen LogP contribution in [0.1, 0.15) is 32.8 Å². The zero-order valence-corrected chi connectivity index (χ0v) is 18.5. The molecule has 2 fully saturated rings. The van der Waals surface area contributed by atoms with Gasteiger partial charge in [0.15, 0.2) is 6.54 Å². The average Bonchev–Trinajstić information content (AvgIpc) is 2.98. The molecule has 5 amide bonds. The third-order valence-corrected chi connectivity index (χ3v) is 6.25. The molecule has 31 heavy (non-hydrogen) atoms. The number of carbonyl (C=O) groups is 4. The highest BCUT2D eigenvalue weighted by Gasteiger charge is 2.47. The molecule has 9 nitrogen and oxygen atoms in total. The van der Waals surface area contributed by atoms with Crippen molar-refractivity contribution in [3.8, 4) is 0 Å². The molecule has 168 valence electrons. The molecule has 2 aliphatic rings. The summed E-state index contributed by atoms with van der Waals surface area (Å²) in [5.41, 5.74) is 1.00. The number of quaternary nitrogens is 1. The minimum absolute atomic E-state index is 0.0473. The highest BCUT2D eigenvalue weighted by molar-refractivity contribution is 6.08. The number of imide groups is 1. The SMILES string of the molecule is CCc1ccccc1NC(=O)C[NH+]1CCN(C(=O)CN2C(=O)N[C@](C)(CC)C2=O)CC1. The van der Waals surface area contributed by atoms with E-state index in [1.54, 1.807) is 11.8 Å². The zero-order valence-electron chi connectivity index (χ0n) is 18.5. The molecule has 0 bridgehead atoms. The van der Waals surface area contributed by atoms with Gasteiger partial charge in [-0.2, -0.15) is 0 Å². The number of anilines is 1. The molecular formula is C22H32N5O4+. The van der Waals surface area contributed by atoms with E-state index in [-0.39, 0.29) is 24.3 Å². The number of hydrogen-bond acceptors (Lipinski definition) is 4. The van der Waals surface area contributed by atoms with E-state index in [0.717, 1.165) is 27.5 Å². The molecule has 2 aliphatic heterocycles. The van der Waals surface area contributed by atoms with Crippen LogP contribution in [0.5, 0.6) is 0 Å². The van der Waals surface area contributed by atoms with Crippen LogP contribution in [0.2, 0.25) is 0 Å². The number of urea groups is 1. The number of amides is 5. The summed E-state index contributed by atoms with van der Waals surface area (Å²) < 4.78 is 0. The highest BCUT2D eigenvalue weighted by atomic mass is 16.2. The number of para-hydroxylation sites is 1. The Kier molecular flexibility index (Phi) is 6.94. The highest BCUT2D eigenvalue weighted by Crippen LogP contribution is 2.20. The van der Waals surface area contributed by atoms with Crippen LogP contribution in [0.4, 0.5) is 10.5 Å². The van der Waals surface area contributed by atoms with Crippen LogP contribution in [-0.4, -0.2) is 78.4 Å². The number of nitrogens with zero attached hydrogens (tertiary/aromatic N) is 2. The quantitative estimate of drug-likeness (QED) is 0.514. The minimum atomic E-state index is -0.941. The summed E-state index contributed by atoms with van der Waals surface area (Å²) in [6.45, 7) is 7.89. The monoisotopic (exact) mass is 430 g/mol. The van der Waals surface area contributed by atoms with Gasteiger partial charge in [-0.1, -0.05) is 32.0 Å². The molecule has 3 N–H and O–H groups in total. The summed E-state index contributed by atoms with van der Waals surface area (Å²) in [4.78, 5) is 53.5. The van der Waals surface area contributed by atoms with Crippen molar-refractivity contribution in [3.05, 3.63) is 29.8 Å². The molecule has 0 radical (unpaired) electrons. The molecule has 1 atom stereocenters. The number of aryl methyl sites for hydroxylation is 1. The number of rotatable bonds is 7. The molecule has 3 rings (SSSR count). The third kappa shape index (κ3) is 5.04. The first-order valence-electron chi connectivity index (χ1n) is 10.9. The average molecular weight is 431 g/mol. The van der Waals surface area contributed by atoms with Gasteiger partial charge in [-0.15, -0.1) is 0 Å². The molecule has 0 spiro atoms. The Balaban J connectivity index is 1.47. The smallest absolute Gasteiger partial charge is 0.325 e. The predicted molar refractivity (Wildman–Crippen MR) is 116 cm³/mol. The van der Waals surface area contributed by atoms with Crippen molar-refractivity contribution in [2.75, 3.05) is 44.6 Å². The first kappa shape index (κ1) is 22.7. The van der Waals surface area contributed by atoms with E-state index in [4.69, 9.17) is 0 Å². The summed E-state index contributed by atoms with van der Waals surface area (Å²) in [5, 5.41) is 5.65. The van der Waals surface area contributed by atoms with E-state index in [1.165, 1.54) is 0 Å². The zero-order chi connectivity index (χ0) is 22.6. The number of carbonyl (C=O) groups excluding carboxylic acids is 4. The molecule has 2 saturated heterocycles. The van der Waals surface area contributed by atoms with Gasteiger partial charge in [0.2, 0.25) is 5.91 Å². The van der Waals surface area contributed by atoms with Crippen LogP contribution in [0.3, 0.4) is 0 Å². The van der Waals surface area contributed by atoms with Gasteiger partial charge >= 0.3 is 6.03 Å². The maximum atomic E-state index is 12.6. The Morgan fingerprint density at radius 1 is 1.16 bits per heavy atom. The number of benzene rings is 1. The standard InChI is InChI=1S/C22H31N5O4/c1-4-16-8-6-7-9-17(16)23-18(28)14-25-10-12-26(13-11-25)19(29)15-27-20(30)22(3,5-2)24-21(27)31/h6-9H,4-5,10-15H2,1-3H3,(H,23,28)(H,24,31)/p+1/t22-/m1/s1. The van der Waals surface area contributed by atoms with E-state index >= 15 is 0 Å². The predicted octanol–water partition coefficient (Wildman–Crippen LogP) is -0.365. The Labute approximate surface area is 182 Å². The number of hydrogen-bond donors (Lipinski definition) is 3. The summed E-state index contributed by atoms with van der Waals surface area (Å²) in [6, 6.07) is 7.25. The molecule has 1 aromatic rings. The Bertz CT molecular complexity index is 865. The van der Waals surface area contributed by atoms with Crippen molar-refractivity contribution in [2.45, 2.75) is 39.2 Å². The lowest BCUT2D eigenvalue weighted by Crippen LogP contribution is -3.15. The van der Waals surface area contributed by atoms with Gasteiger partial charge in [-0.3, -0.25) is 19.3 Å². The molecule has 0 aromatic heterocycles. The van der Waals surface area contributed by atoms with Crippen molar-refractivity contribution in [2.24, 2.45) is 0 Å². The molecule has 9 heteroatoms. The van der Waals surface area contributed by atoms with E-state index in [9.17, 15) is 19.2 Å². The van der Waals surface area contributed by atoms with Gasteiger partial charge in [0.05, 0.1) is 26.2 Å². The lowest BCUT2D eigenvalue weighted by atomic mass is 9.99. The first-order chi connectivity index (χ1) is 14.8. The first-order valence-corrected chi connectivity index (χ1v) is 10.9. The van der Waals surface area contributed by atoms with Crippen molar-refractivity contribution >= 4 is 29.4 Å². The normalized spacial score (nSPS) is 21.9. The van der Waals surface area contributed by atoms with Gasteiger partial charge in [-0.25, -0.2) is 4.79 Å². The Morgan fingerprint density at radius 2 is 1.84 bits per heavy atom. The molecular weight excluding hydrogens is 398 g/mol. The summed E-state index contributed by atoms with van der Waals surface area (Å²) in [5.74, 6) is -0.653. The number of nitrogens with one attached hydrogen (secondary N) is 3. The topological polar surface area (TPSA) is 103 Å². The van der Waals surface area contributed by atoms with Gasteiger partial charge in [0, 0.05) is 5.69 Å². The van der Waals surface area contributed by atoms with Gasteiger partial charge in [0.25, 0.3) is 11.8 Å². The molecule has 0 aliphatic carbocycles. The fraction of sp³-hybridized carbons (Fsp3) is 0.545. The van der Waals surface area contributed by atoms with E-state index < -0.39 is 11.6 Å². The van der Waals surface area contributed by atoms with Crippen LogP contribution in [-0.2, 0) is 20.8 Å². The van der Waals surface area contributed by atoms with Crippen molar-refractivity contribution in [3.63, 3.8) is 0 Å². The van der Waals surface area contributed by atoms with E-state index in [1.807, 2.05) is 31.2 Å². The van der Waals surface area contributed by atoms with Crippen molar-refractivity contribution in [1.82, 2.24) is 15.1 Å². The molecule has 0 saturated carbocycles. The fourth-order valence-electron chi connectivity index (χ4n) is 3.99. The van der Waals surface area contributed by atoms with Gasteiger partial charge < -0.3 is 20.4 Å². The van der Waals surface area contributed by atoms with Gasteiger partial charge in [-0.05, 0) is 31.4 Å². The molecule has 1 aromatic carbocycles. The lowest BCUT2D eigenvalue weighted by Gasteiger charge is -2.32. The van der Waals surface area contributed by atoms with E-state index in [2.05, 4.69) is 17.6 Å². The summed E-state index contributed by atoms with van der Waals surface area (Å²) in [6.07, 6.45) is 1.31. The second kappa shape index (κ2) is 9.47.